The first-order chi connectivity index (χ1) is 11.7. The molecule has 2 aromatic carbocycles. The van der Waals surface area contributed by atoms with Gasteiger partial charge in [-0.2, -0.15) is 0 Å². The van der Waals surface area contributed by atoms with Crippen LogP contribution in [0.2, 0.25) is 0 Å². The second-order valence-electron chi connectivity index (χ2n) is 5.59. The summed E-state index contributed by atoms with van der Waals surface area (Å²) in [5.41, 5.74) is 1.23. The molecule has 25 heavy (non-hydrogen) atoms. The number of sulfonamides is 1. The first-order valence-electron chi connectivity index (χ1n) is 7.51. The van der Waals surface area contributed by atoms with E-state index >= 15 is 0 Å². The van der Waals surface area contributed by atoms with E-state index in [4.69, 9.17) is 0 Å². The maximum Gasteiger partial charge on any atom is 0.240 e. The third-order valence-corrected chi connectivity index (χ3v) is 5.09. The van der Waals surface area contributed by atoms with Gasteiger partial charge in [0, 0.05) is 19.0 Å². The number of anilines is 1. The lowest BCUT2D eigenvalue weighted by Crippen LogP contribution is -2.28. The molecule has 0 unspecified atom stereocenters. The molecule has 0 saturated carbocycles. The van der Waals surface area contributed by atoms with E-state index in [0.29, 0.717) is 11.6 Å². The Labute approximate surface area is 145 Å². The first kappa shape index (κ1) is 19.0. The van der Waals surface area contributed by atoms with Gasteiger partial charge in [0.25, 0.3) is 0 Å². The van der Waals surface area contributed by atoms with Crippen molar-refractivity contribution >= 4 is 21.6 Å². The highest BCUT2D eigenvalue weighted by Crippen LogP contribution is 2.17. The quantitative estimate of drug-likeness (QED) is 0.823. The molecule has 0 atom stereocenters. The number of hydrogen-bond donors (Lipinski definition) is 2. The second kappa shape index (κ2) is 7.71. The lowest BCUT2D eigenvalue weighted by Gasteiger charge is -2.10. The largest absolute Gasteiger partial charge is 0.324 e. The summed E-state index contributed by atoms with van der Waals surface area (Å²) in [6, 6.07) is 7.82. The number of rotatable bonds is 6. The smallest absolute Gasteiger partial charge is 0.240 e. The number of nitrogens with one attached hydrogen (secondary N) is 2. The molecule has 0 saturated heterocycles. The fourth-order valence-electron chi connectivity index (χ4n) is 2.18. The van der Waals surface area contributed by atoms with Crippen LogP contribution in [0.5, 0.6) is 0 Å². The molecule has 5 nitrogen and oxygen atoms in total. The van der Waals surface area contributed by atoms with E-state index in [0.717, 1.165) is 17.7 Å². The van der Waals surface area contributed by atoms with Crippen LogP contribution in [0.4, 0.5) is 14.5 Å². The summed E-state index contributed by atoms with van der Waals surface area (Å²) in [6.45, 7) is 3.31. The molecule has 0 fully saturated rings. The van der Waals surface area contributed by atoms with Crippen molar-refractivity contribution in [1.29, 1.82) is 0 Å². The number of amides is 1. The Hall–Kier alpha value is -2.32. The van der Waals surface area contributed by atoms with Gasteiger partial charge >= 0.3 is 0 Å². The zero-order valence-electron chi connectivity index (χ0n) is 13.8. The summed E-state index contributed by atoms with van der Waals surface area (Å²) < 4.78 is 53.2. The summed E-state index contributed by atoms with van der Waals surface area (Å²) in [4.78, 5) is 11.9. The molecule has 0 aromatic heterocycles. The summed E-state index contributed by atoms with van der Waals surface area (Å²) in [5.74, 6) is -2.24. The average Bonchev–Trinajstić information content (AvgIpc) is 2.52. The molecule has 0 aliphatic heterocycles. The van der Waals surface area contributed by atoms with E-state index in [1.165, 1.54) is 0 Å². The highest BCUT2D eigenvalue weighted by molar-refractivity contribution is 7.89. The average molecular weight is 368 g/mol. The van der Waals surface area contributed by atoms with E-state index < -0.39 is 27.6 Å². The first-order valence-corrected chi connectivity index (χ1v) is 8.99. The van der Waals surface area contributed by atoms with Gasteiger partial charge in [-0.15, -0.1) is 0 Å². The van der Waals surface area contributed by atoms with Gasteiger partial charge in [0.2, 0.25) is 15.9 Å². The minimum Gasteiger partial charge on any atom is -0.324 e. The Morgan fingerprint density at radius 1 is 1.08 bits per heavy atom. The minimum atomic E-state index is -3.75. The number of hydrogen-bond acceptors (Lipinski definition) is 3. The fraction of sp³-hybridized carbons (Fsp3) is 0.235. The van der Waals surface area contributed by atoms with Crippen molar-refractivity contribution in [3.05, 3.63) is 59.2 Å². The maximum atomic E-state index is 13.5. The third-order valence-electron chi connectivity index (χ3n) is 3.48. The molecule has 0 spiro atoms. The molecule has 8 heteroatoms. The van der Waals surface area contributed by atoms with Crippen LogP contribution in [-0.4, -0.2) is 20.9 Å². The van der Waals surface area contributed by atoms with Crippen molar-refractivity contribution in [1.82, 2.24) is 4.72 Å². The predicted molar refractivity (Wildman–Crippen MR) is 90.7 cm³/mol. The van der Waals surface area contributed by atoms with Crippen LogP contribution in [0.3, 0.4) is 0 Å². The lowest BCUT2D eigenvalue weighted by atomic mass is 10.2. The molecule has 0 radical (unpaired) electrons. The zero-order valence-corrected chi connectivity index (χ0v) is 14.6. The van der Waals surface area contributed by atoms with Gasteiger partial charge in [0.15, 0.2) is 0 Å². The van der Waals surface area contributed by atoms with Crippen LogP contribution < -0.4 is 10.0 Å². The predicted octanol–water partition coefficient (Wildman–Crippen LogP) is 2.89. The molecule has 0 aliphatic carbocycles. The summed E-state index contributed by atoms with van der Waals surface area (Å²) in [7, 11) is -3.75. The molecule has 134 valence electrons. The van der Waals surface area contributed by atoms with Crippen LogP contribution in [0.25, 0.3) is 0 Å². The number of carbonyl (C=O) groups excluding carboxylic acids is 1. The van der Waals surface area contributed by atoms with Gasteiger partial charge < -0.3 is 5.32 Å². The van der Waals surface area contributed by atoms with Crippen molar-refractivity contribution in [3.8, 4) is 0 Å². The molecule has 2 rings (SSSR count). The Morgan fingerprint density at radius 2 is 1.80 bits per heavy atom. The third kappa shape index (κ3) is 5.07. The van der Waals surface area contributed by atoms with Crippen LogP contribution in [0.15, 0.2) is 41.3 Å². The number of carbonyl (C=O) groups is 1. The van der Waals surface area contributed by atoms with Gasteiger partial charge in [0.1, 0.15) is 11.6 Å². The molecule has 0 heterocycles. The van der Waals surface area contributed by atoms with Gasteiger partial charge in [-0.1, -0.05) is 12.1 Å². The summed E-state index contributed by atoms with van der Waals surface area (Å²) >= 11 is 0. The monoisotopic (exact) mass is 368 g/mol. The van der Waals surface area contributed by atoms with Crippen molar-refractivity contribution in [2.75, 3.05) is 11.9 Å². The van der Waals surface area contributed by atoms with Crippen molar-refractivity contribution < 1.29 is 22.0 Å². The Bertz CT molecular complexity index is 899. The Balaban J connectivity index is 1.95. The highest BCUT2D eigenvalue weighted by Gasteiger charge is 2.17. The maximum absolute atomic E-state index is 13.5. The van der Waals surface area contributed by atoms with E-state index in [1.54, 1.807) is 32.0 Å². The lowest BCUT2D eigenvalue weighted by molar-refractivity contribution is -0.116. The standard InChI is InChI=1S/C17H18F2N2O3S/c1-11-3-4-12(2)16(9-11)25(23,24)20-8-7-17(22)21-15-6-5-13(18)10-14(15)19/h3-6,9-10,20H,7-8H2,1-2H3,(H,21,22). The van der Waals surface area contributed by atoms with E-state index in [2.05, 4.69) is 10.0 Å². The van der Waals surface area contributed by atoms with E-state index in [9.17, 15) is 22.0 Å². The normalized spacial score (nSPS) is 11.4. The Kier molecular flexibility index (Phi) is 5.86. The van der Waals surface area contributed by atoms with E-state index in [1.807, 2.05) is 0 Å². The van der Waals surface area contributed by atoms with Gasteiger partial charge in [-0.25, -0.2) is 21.9 Å². The van der Waals surface area contributed by atoms with Crippen molar-refractivity contribution in [2.45, 2.75) is 25.2 Å². The van der Waals surface area contributed by atoms with Crippen LogP contribution in [0.1, 0.15) is 17.5 Å². The van der Waals surface area contributed by atoms with Crippen LogP contribution in [-0.2, 0) is 14.8 Å². The molecule has 0 aliphatic rings. The van der Waals surface area contributed by atoms with Gasteiger partial charge in [0.05, 0.1) is 10.6 Å². The molecule has 1 amide bonds. The zero-order chi connectivity index (χ0) is 18.6. The van der Waals surface area contributed by atoms with Crippen LogP contribution in [0, 0.1) is 25.5 Å². The molecule has 0 bridgehead atoms. The molecule has 2 N–H and O–H groups in total. The van der Waals surface area contributed by atoms with Gasteiger partial charge in [-0.3, -0.25) is 4.79 Å². The number of halogens is 2. The SMILES string of the molecule is Cc1ccc(C)c(S(=O)(=O)NCCC(=O)Nc2ccc(F)cc2F)c1. The highest BCUT2D eigenvalue weighted by atomic mass is 32.2. The van der Waals surface area contributed by atoms with Crippen LogP contribution >= 0.6 is 0 Å². The molecule has 2 aromatic rings. The van der Waals surface area contributed by atoms with Gasteiger partial charge in [-0.05, 0) is 43.2 Å². The number of aryl methyl sites for hydroxylation is 2. The van der Waals surface area contributed by atoms with E-state index in [-0.39, 0.29) is 23.5 Å². The second-order valence-corrected chi connectivity index (χ2v) is 7.32. The summed E-state index contributed by atoms with van der Waals surface area (Å²) in [5, 5.41) is 2.27. The molecular weight excluding hydrogens is 350 g/mol. The fourth-order valence-corrected chi connectivity index (χ4v) is 3.54. The minimum absolute atomic E-state index is 0.148. The van der Waals surface area contributed by atoms with Crippen molar-refractivity contribution in [2.24, 2.45) is 0 Å². The Morgan fingerprint density at radius 3 is 2.48 bits per heavy atom. The van der Waals surface area contributed by atoms with Crippen molar-refractivity contribution in [3.63, 3.8) is 0 Å². The number of benzene rings is 2. The summed E-state index contributed by atoms with van der Waals surface area (Å²) in [6.07, 6.45) is -0.194. The molecular formula is C17H18F2N2O3S. The topological polar surface area (TPSA) is 75.3 Å².